The van der Waals surface area contributed by atoms with Gasteiger partial charge in [-0.2, -0.15) is 4.31 Å². The third-order valence-electron chi connectivity index (χ3n) is 7.38. The van der Waals surface area contributed by atoms with Crippen LogP contribution in [-0.2, 0) is 25.2 Å². The summed E-state index contributed by atoms with van der Waals surface area (Å²) in [4.78, 5) is 13.9. The van der Waals surface area contributed by atoms with Gasteiger partial charge in [-0.25, -0.2) is 8.42 Å². The number of esters is 1. The second kappa shape index (κ2) is 10.8. The van der Waals surface area contributed by atoms with Gasteiger partial charge in [-0.05, 0) is 42.7 Å². The molecule has 0 bridgehead atoms. The molecule has 1 aliphatic heterocycles. The van der Waals surface area contributed by atoms with Crippen molar-refractivity contribution in [3.63, 3.8) is 0 Å². The molecule has 1 aliphatic rings. The number of sulfonamides is 1. The maximum atomic E-state index is 14.6. The van der Waals surface area contributed by atoms with Gasteiger partial charge in [-0.3, -0.25) is 4.79 Å². The third kappa shape index (κ3) is 4.67. The number of ether oxygens (including phenoxy) is 1. The predicted octanol–water partition coefficient (Wildman–Crippen LogP) is 5.34. The highest BCUT2D eigenvalue weighted by atomic mass is 32.2. The quantitative estimate of drug-likeness (QED) is 0.319. The van der Waals surface area contributed by atoms with Gasteiger partial charge in [0.2, 0.25) is 10.0 Å². The van der Waals surface area contributed by atoms with Gasteiger partial charge < -0.3 is 9.84 Å². The highest BCUT2D eigenvalue weighted by Gasteiger charge is 2.66. The summed E-state index contributed by atoms with van der Waals surface area (Å²) in [7, 11) is -4.31. The highest BCUT2D eigenvalue weighted by Crippen LogP contribution is 2.59. The van der Waals surface area contributed by atoms with Gasteiger partial charge in [0.25, 0.3) is 0 Å². The van der Waals surface area contributed by atoms with Gasteiger partial charge in [0.15, 0.2) is 6.04 Å². The number of carbonyl (C=O) groups excluding carboxylic acids is 1. The van der Waals surface area contributed by atoms with Crippen molar-refractivity contribution < 1.29 is 23.1 Å². The molecule has 0 amide bonds. The summed E-state index contributed by atoms with van der Waals surface area (Å²) in [5.74, 6) is -1.64. The Bertz CT molecular complexity index is 1530. The summed E-state index contributed by atoms with van der Waals surface area (Å²) >= 11 is 0. The van der Waals surface area contributed by atoms with Crippen LogP contribution in [0.3, 0.4) is 0 Å². The van der Waals surface area contributed by atoms with E-state index in [1.807, 2.05) is 73.7 Å². The minimum absolute atomic E-state index is 0.0324. The third-order valence-corrected chi connectivity index (χ3v) is 9.24. The Balaban J connectivity index is 1.87. The van der Waals surface area contributed by atoms with Crippen LogP contribution in [0.1, 0.15) is 41.1 Å². The van der Waals surface area contributed by atoms with Gasteiger partial charge in [-0.1, -0.05) is 109 Å². The Morgan fingerprint density at radius 3 is 1.87 bits per heavy atom. The van der Waals surface area contributed by atoms with Crippen LogP contribution < -0.4 is 0 Å². The molecular formula is C32H31NO5S. The minimum atomic E-state index is -4.31. The molecule has 200 valence electrons. The van der Waals surface area contributed by atoms with Crippen LogP contribution in [0.2, 0.25) is 0 Å². The van der Waals surface area contributed by atoms with Crippen molar-refractivity contribution in [3.8, 4) is 0 Å². The number of hydrogen-bond donors (Lipinski definition) is 1. The van der Waals surface area contributed by atoms with E-state index in [1.54, 1.807) is 43.3 Å². The minimum Gasteiger partial charge on any atom is -0.465 e. The van der Waals surface area contributed by atoms with Crippen molar-refractivity contribution >= 4 is 16.0 Å². The van der Waals surface area contributed by atoms with E-state index < -0.39 is 39.6 Å². The maximum absolute atomic E-state index is 14.6. The van der Waals surface area contributed by atoms with Crippen LogP contribution >= 0.6 is 0 Å². The molecule has 3 unspecified atom stereocenters. The van der Waals surface area contributed by atoms with Crippen molar-refractivity contribution in [2.24, 2.45) is 0 Å². The molecule has 0 radical (unpaired) electrons. The zero-order valence-electron chi connectivity index (χ0n) is 21.8. The van der Waals surface area contributed by atoms with Crippen molar-refractivity contribution in [2.75, 3.05) is 6.61 Å². The number of nitrogens with zero attached hydrogens (tertiary/aromatic N) is 1. The molecular weight excluding hydrogens is 510 g/mol. The number of benzene rings is 4. The monoisotopic (exact) mass is 541 g/mol. The first-order valence-electron chi connectivity index (χ1n) is 12.9. The van der Waals surface area contributed by atoms with E-state index in [1.165, 1.54) is 16.4 Å². The Morgan fingerprint density at radius 1 is 0.821 bits per heavy atom. The lowest BCUT2D eigenvalue weighted by Crippen LogP contribution is -2.52. The Morgan fingerprint density at radius 2 is 1.33 bits per heavy atom. The molecule has 0 aliphatic carbocycles. The molecule has 1 heterocycles. The standard InChI is InChI=1S/C32H31NO5S/c1-3-38-31(34)30-32(35,26-17-11-6-12-18-26)28(24-13-7-4-8-14-24)29(25-15-9-5-10-16-25)33(30)39(36,37)27-21-19-23(2)20-22-27/h4-22,28-30,35H,3H2,1-2H3/t28?,29?,30-,32?/m1/s1. The lowest BCUT2D eigenvalue weighted by Gasteiger charge is -2.35. The zero-order chi connectivity index (χ0) is 27.6. The van der Waals surface area contributed by atoms with E-state index in [2.05, 4.69) is 0 Å². The van der Waals surface area contributed by atoms with Gasteiger partial charge in [0, 0.05) is 5.92 Å². The van der Waals surface area contributed by atoms with Crippen LogP contribution in [0.5, 0.6) is 0 Å². The van der Waals surface area contributed by atoms with Gasteiger partial charge in [0.1, 0.15) is 5.60 Å². The molecule has 4 atom stereocenters. The van der Waals surface area contributed by atoms with E-state index >= 15 is 0 Å². The van der Waals surface area contributed by atoms with Crippen LogP contribution in [0.25, 0.3) is 0 Å². The average Bonchev–Trinajstić information content (AvgIpc) is 3.26. The molecule has 0 spiro atoms. The molecule has 1 saturated heterocycles. The molecule has 4 aromatic carbocycles. The fraction of sp³-hybridized carbons (Fsp3) is 0.219. The summed E-state index contributed by atoms with van der Waals surface area (Å²) in [5, 5.41) is 12.9. The summed E-state index contributed by atoms with van der Waals surface area (Å²) in [6.45, 7) is 3.57. The van der Waals surface area contributed by atoms with E-state index in [9.17, 15) is 18.3 Å². The van der Waals surface area contributed by atoms with Crippen molar-refractivity contribution in [2.45, 2.75) is 42.3 Å². The van der Waals surface area contributed by atoms with Crippen LogP contribution in [0.15, 0.2) is 120 Å². The Kier molecular flexibility index (Phi) is 7.40. The highest BCUT2D eigenvalue weighted by molar-refractivity contribution is 7.89. The Labute approximate surface area is 229 Å². The second-order valence-electron chi connectivity index (χ2n) is 9.74. The van der Waals surface area contributed by atoms with E-state index in [-0.39, 0.29) is 11.5 Å². The first-order valence-corrected chi connectivity index (χ1v) is 14.4. The lowest BCUT2D eigenvalue weighted by molar-refractivity contribution is -0.155. The topological polar surface area (TPSA) is 83.9 Å². The van der Waals surface area contributed by atoms with E-state index in [0.29, 0.717) is 16.7 Å². The number of rotatable bonds is 7. The molecule has 0 aromatic heterocycles. The molecule has 6 nitrogen and oxygen atoms in total. The number of carbonyl (C=O) groups is 1. The zero-order valence-corrected chi connectivity index (χ0v) is 22.7. The number of aliphatic hydroxyl groups is 1. The summed E-state index contributed by atoms with van der Waals surface area (Å²) in [6, 6.07) is 31.3. The summed E-state index contributed by atoms with van der Waals surface area (Å²) < 4.78 is 35.8. The first-order chi connectivity index (χ1) is 18.8. The average molecular weight is 542 g/mol. The molecule has 4 aromatic rings. The summed E-state index contributed by atoms with van der Waals surface area (Å²) in [6.07, 6.45) is 0. The van der Waals surface area contributed by atoms with Crippen LogP contribution in [0, 0.1) is 6.92 Å². The maximum Gasteiger partial charge on any atom is 0.327 e. The Hall–Kier alpha value is -3.78. The second-order valence-corrected chi connectivity index (χ2v) is 11.6. The molecule has 1 fully saturated rings. The van der Waals surface area contributed by atoms with Gasteiger partial charge in [-0.15, -0.1) is 0 Å². The first kappa shape index (κ1) is 26.8. The number of aryl methyl sites for hydroxylation is 1. The van der Waals surface area contributed by atoms with Gasteiger partial charge >= 0.3 is 5.97 Å². The SMILES string of the molecule is CCOC(=O)[C@H]1N(S(=O)(=O)c2ccc(C)cc2)C(c2ccccc2)C(c2ccccc2)C1(O)c1ccccc1. The van der Waals surface area contributed by atoms with Crippen molar-refractivity contribution in [3.05, 3.63) is 138 Å². The number of hydrogen-bond acceptors (Lipinski definition) is 5. The van der Waals surface area contributed by atoms with Crippen LogP contribution in [0.4, 0.5) is 0 Å². The molecule has 0 saturated carbocycles. The van der Waals surface area contributed by atoms with Crippen molar-refractivity contribution in [1.29, 1.82) is 0 Å². The fourth-order valence-corrected chi connectivity index (χ4v) is 7.46. The van der Waals surface area contributed by atoms with Crippen LogP contribution in [-0.4, -0.2) is 36.4 Å². The normalized spacial score (nSPS) is 23.4. The summed E-state index contributed by atoms with van der Waals surface area (Å²) in [5.41, 5.74) is 0.740. The van der Waals surface area contributed by atoms with Crippen molar-refractivity contribution in [1.82, 2.24) is 4.31 Å². The van der Waals surface area contributed by atoms with E-state index in [0.717, 1.165) is 5.56 Å². The van der Waals surface area contributed by atoms with Gasteiger partial charge in [0.05, 0.1) is 17.5 Å². The molecule has 5 rings (SSSR count). The predicted molar refractivity (Wildman–Crippen MR) is 149 cm³/mol. The largest absolute Gasteiger partial charge is 0.465 e. The van der Waals surface area contributed by atoms with E-state index in [4.69, 9.17) is 4.74 Å². The lowest BCUT2D eigenvalue weighted by atomic mass is 9.72. The molecule has 7 heteroatoms. The smallest absolute Gasteiger partial charge is 0.327 e. The molecule has 39 heavy (non-hydrogen) atoms. The fourth-order valence-electron chi connectivity index (χ4n) is 5.67. The molecule has 1 N–H and O–H groups in total.